The van der Waals surface area contributed by atoms with E-state index in [1.54, 1.807) is 13.0 Å². The van der Waals surface area contributed by atoms with Crippen molar-refractivity contribution < 1.29 is 33.2 Å². The van der Waals surface area contributed by atoms with Gasteiger partial charge in [0.25, 0.3) is 0 Å². The van der Waals surface area contributed by atoms with Gasteiger partial charge in [-0.2, -0.15) is 0 Å². The summed E-state index contributed by atoms with van der Waals surface area (Å²) in [7, 11) is 0. The minimum Gasteiger partial charge on any atom is -0.470 e. The Bertz CT molecular complexity index is 1260. The number of amides is 1. The molecule has 0 radical (unpaired) electrons. The summed E-state index contributed by atoms with van der Waals surface area (Å²) in [5.74, 6) is 0.358. The highest BCUT2D eigenvalue weighted by Gasteiger charge is 2.48. The highest BCUT2D eigenvalue weighted by Crippen LogP contribution is 2.38. The van der Waals surface area contributed by atoms with Crippen LogP contribution in [0, 0.1) is 5.82 Å². The molecule has 6 rings (SSSR count). The van der Waals surface area contributed by atoms with Gasteiger partial charge < -0.3 is 34.4 Å². The van der Waals surface area contributed by atoms with Crippen LogP contribution in [-0.2, 0) is 14.2 Å². The monoisotopic (exact) mass is 497 g/mol. The van der Waals surface area contributed by atoms with E-state index in [-0.39, 0.29) is 42.7 Å². The first-order valence-electron chi connectivity index (χ1n) is 12.3. The number of fused-ring (bicyclic) bond motifs is 2. The molecule has 10 heteroatoms. The number of carbonyl (C=O) groups is 1. The van der Waals surface area contributed by atoms with Gasteiger partial charge in [-0.3, -0.25) is 0 Å². The van der Waals surface area contributed by atoms with E-state index in [1.807, 2.05) is 24.3 Å². The third-order valence-electron chi connectivity index (χ3n) is 7.18. The minimum absolute atomic E-state index is 0.118. The third kappa shape index (κ3) is 4.29. The highest BCUT2D eigenvalue weighted by molar-refractivity contribution is 5.81. The first-order valence-corrected chi connectivity index (χ1v) is 12.3. The Morgan fingerprint density at radius 1 is 1.19 bits per heavy atom. The van der Waals surface area contributed by atoms with E-state index in [0.717, 1.165) is 18.4 Å². The number of hydrogen-bond acceptors (Lipinski definition) is 7. The van der Waals surface area contributed by atoms with Crippen molar-refractivity contribution in [2.24, 2.45) is 0 Å². The number of pyridine rings is 1. The number of benzene rings is 1. The Labute approximate surface area is 206 Å². The van der Waals surface area contributed by atoms with E-state index in [4.69, 9.17) is 18.9 Å². The van der Waals surface area contributed by atoms with Crippen LogP contribution in [0.5, 0.6) is 5.88 Å². The van der Waals surface area contributed by atoms with Crippen molar-refractivity contribution in [3.63, 3.8) is 0 Å². The Kier molecular flexibility index (Phi) is 6.02. The van der Waals surface area contributed by atoms with Crippen LogP contribution >= 0.6 is 0 Å². The molecule has 2 aromatic heterocycles. The maximum atomic E-state index is 15.0. The zero-order valence-electron chi connectivity index (χ0n) is 19.8. The SMILES string of the molecule is CCOC(=O)NC1CC(c2ccc(-c3nc4cc(O[C@@H]5CO[C@H]6[C@@H]5OC[C@H]6O)[nH]c4cc3F)cc2)C1. The van der Waals surface area contributed by atoms with Crippen molar-refractivity contribution >= 4 is 17.1 Å². The highest BCUT2D eigenvalue weighted by atomic mass is 19.1. The van der Waals surface area contributed by atoms with Crippen molar-refractivity contribution in [3.05, 3.63) is 47.8 Å². The standard InChI is InChI=1S/C26H28FN3O6/c1-2-33-26(32)28-16-7-15(8-16)13-3-5-14(6-4-13)23-17(27)9-18-19(30-23)10-22(29-18)36-21-12-35-24-20(31)11-34-25(21)24/h3-6,9-10,15-16,20-21,24-25,29,31H,2,7-8,11-12H2,1H3,(H,28,32)/t15?,16?,20-,21-,24-,25-/m1/s1. The molecule has 1 saturated carbocycles. The molecular weight excluding hydrogens is 469 g/mol. The van der Waals surface area contributed by atoms with E-state index < -0.39 is 11.9 Å². The largest absolute Gasteiger partial charge is 0.470 e. The molecule has 2 aliphatic heterocycles. The number of aliphatic hydroxyl groups excluding tert-OH is 1. The molecule has 9 nitrogen and oxygen atoms in total. The summed E-state index contributed by atoms with van der Waals surface area (Å²) < 4.78 is 37.1. The zero-order chi connectivity index (χ0) is 24.8. The number of nitrogens with one attached hydrogen (secondary N) is 2. The van der Waals surface area contributed by atoms with Gasteiger partial charge in [0.1, 0.15) is 24.0 Å². The molecule has 36 heavy (non-hydrogen) atoms. The maximum Gasteiger partial charge on any atom is 0.407 e. The molecule has 4 atom stereocenters. The van der Waals surface area contributed by atoms with Crippen molar-refractivity contribution in [3.8, 4) is 17.1 Å². The van der Waals surface area contributed by atoms with Crippen molar-refractivity contribution in [1.82, 2.24) is 15.3 Å². The molecule has 190 valence electrons. The van der Waals surface area contributed by atoms with Crippen LogP contribution in [0.3, 0.4) is 0 Å². The summed E-state index contributed by atoms with van der Waals surface area (Å²) in [6, 6.07) is 11.0. The number of halogens is 1. The summed E-state index contributed by atoms with van der Waals surface area (Å²) in [4.78, 5) is 19.2. The van der Waals surface area contributed by atoms with Gasteiger partial charge in [0, 0.05) is 23.7 Å². The number of aromatic nitrogens is 2. The van der Waals surface area contributed by atoms with Crippen molar-refractivity contribution in [2.75, 3.05) is 19.8 Å². The fourth-order valence-corrected chi connectivity index (χ4v) is 5.24. The molecule has 1 aliphatic carbocycles. The normalized spacial score (nSPS) is 29.1. The van der Waals surface area contributed by atoms with Gasteiger partial charge in [-0.1, -0.05) is 24.3 Å². The molecule has 0 spiro atoms. The van der Waals surface area contributed by atoms with E-state index in [1.165, 1.54) is 6.07 Å². The molecular formula is C26H28FN3O6. The van der Waals surface area contributed by atoms with Gasteiger partial charge >= 0.3 is 6.09 Å². The number of H-pyrrole nitrogens is 1. The lowest BCUT2D eigenvalue weighted by Crippen LogP contribution is -2.43. The van der Waals surface area contributed by atoms with E-state index >= 15 is 0 Å². The van der Waals surface area contributed by atoms with Gasteiger partial charge in [-0.05, 0) is 31.2 Å². The second kappa shape index (κ2) is 9.34. The van der Waals surface area contributed by atoms with Crippen LogP contribution < -0.4 is 10.1 Å². The number of hydrogen-bond donors (Lipinski definition) is 3. The summed E-state index contributed by atoms with van der Waals surface area (Å²) in [6.45, 7) is 2.67. The van der Waals surface area contributed by atoms with Gasteiger partial charge in [0.2, 0.25) is 0 Å². The Morgan fingerprint density at radius 3 is 2.75 bits per heavy atom. The predicted molar refractivity (Wildman–Crippen MR) is 127 cm³/mol. The number of alkyl carbamates (subject to hydrolysis) is 1. The summed E-state index contributed by atoms with van der Waals surface area (Å²) in [6.07, 6.45) is -0.418. The number of carbonyl (C=O) groups excluding carboxylic acids is 1. The number of aliphatic hydroxyl groups is 1. The molecule has 3 N–H and O–H groups in total. The number of aromatic amines is 1. The lowest BCUT2D eigenvalue weighted by molar-refractivity contribution is 0.00794. The van der Waals surface area contributed by atoms with E-state index in [9.17, 15) is 14.3 Å². The molecule has 1 aromatic carbocycles. The van der Waals surface area contributed by atoms with Crippen LogP contribution in [0.1, 0.15) is 31.2 Å². The average molecular weight is 498 g/mol. The van der Waals surface area contributed by atoms with E-state index in [2.05, 4.69) is 15.3 Å². The number of nitrogens with zero attached hydrogens (tertiary/aromatic N) is 1. The quantitative estimate of drug-likeness (QED) is 0.479. The first-order chi connectivity index (χ1) is 17.5. The zero-order valence-corrected chi connectivity index (χ0v) is 19.8. The molecule has 3 aliphatic rings. The van der Waals surface area contributed by atoms with Crippen LogP contribution in [0.2, 0.25) is 0 Å². The minimum atomic E-state index is -0.650. The average Bonchev–Trinajstić information content (AvgIpc) is 3.52. The van der Waals surface area contributed by atoms with Gasteiger partial charge in [0.05, 0.1) is 30.9 Å². The Hall–Kier alpha value is -3.21. The Morgan fingerprint density at radius 2 is 1.97 bits per heavy atom. The topological polar surface area (TPSA) is 115 Å². The summed E-state index contributed by atoms with van der Waals surface area (Å²) >= 11 is 0. The van der Waals surface area contributed by atoms with Crippen molar-refractivity contribution in [1.29, 1.82) is 0 Å². The third-order valence-corrected chi connectivity index (χ3v) is 7.18. The molecule has 0 bridgehead atoms. The number of rotatable bonds is 6. The maximum absolute atomic E-state index is 15.0. The summed E-state index contributed by atoms with van der Waals surface area (Å²) in [5, 5.41) is 12.8. The van der Waals surface area contributed by atoms with Gasteiger partial charge in [0.15, 0.2) is 17.8 Å². The van der Waals surface area contributed by atoms with E-state index in [0.29, 0.717) is 41.6 Å². The molecule has 1 amide bonds. The lowest BCUT2D eigenvalue weighted by atomic mass is 9.76. The fourth-order valence-electron chi connectivity index (χ4n) is 5.24. The fraction of sp³-hybridized carbons (Fsp3) is 0.462. The lowest BCUT2D eigenvalue weighted by Gasteiger charge is -2.35. The molecule has 3 aromatic rings. The van der Waals surface area contributed by atoms with Crippen LogP contribution in [0.15, 0.2) is 36.4 Å². The smallest absolute Gasteiger partial charge is 0.407 e. The van der Waals surface area contributed by atoms with Gasteiger partial charge in [-0.15, -0.1) is 0 Å². The predicted octanol–water partition coefficient (Wildman–Crippen LogP) is 3.27. The number of ether oxygens (including phenoxy) is 4. The second-order valence-corrected chi connectivity index (χ2v) is 9.56. The van der Waals surface area contributed by atoms with Crippen LogP contribution in [-0.4, -0.2) is 71.4 Å². The summed E-state index contributed by atoms with van der Waals surface area (Å²) in [5.41, 5.74) is 3.21. The second-order valence-electron chi connectivity index (χ2n) is 9.56. The van der Waals surface area contributed by atoms with Crippen LogP contribution in [0.25, 0.3) is 22.3 Å². The van der Waals surface area contributed by atoms with Crippen LogP contribution in [0.4, 0.5) is 9.18 Å². The Balaban J connectivity index is 1.13. The molecule has 0 unspecified atom stereocenters. The molecule has 2 saturated heterocycles. The van der Waals surface area contributed by atoms with Crippen molar-refractivity contribution in [2.45, 2.75) is 56.1 Å². The van der Waals surface area contributed by atoms with Gasteiger partial charge in [-0.25, -0.2) is 14.2 Å². The molecule has 4 heterocycles. The first kappa shape index (κ1) is 23.2. The molecule has 3 fully saturated rings.